The van der Waals surface area contributed by atoms with Gasteiger partial charge in [-0.2, -0.15) is 0 Å². The Bertz CT molecular complexity index is 887. The molecule has 2 N–H and O–H groups in total. The molecular weight excluding hydrogens is 272 g/mol. The highest BCUT2D eigenvalue weighted by Crippen LogP contribution is 2.30. The van der Waals surface area contributed by atoms with Crippen LogP contribution in [0, 0.1) is 10.9 Å². The van der Waals surface area contributed by atoms with Crippen molar-refractivity contribution in [1.29, 1.82) is 10.9 Å². The number of aromatic nitrogens is 1. The number of amidine groups is 1. The lowest BCUT2D eigenvalue weighted by molar-refractivity contribution is 0.893. The Kier molecular flexibility index (Phi) is 3.83. The molecule has 0 saturated heterocycles. The van der Waals surface area contributed by atoms with Gasteiger partial charge in [-0.3, -0.25) is 5.41 Å². The van der Waals surface area contributed by atoms with E-state index < -0.39 is 0 Å². The average molecular weight is 290 g/mol. The molecule has 0 unspecified atom stereocenters. The molecule has 3 rings (SSSR count). The fourth-order valence-electron chi connectivity index (χ4n) is 2.81. The highest BCUT2D eigenvalue weighted by atomic mass is 15.0. The first-order valence-electron chi connectivity index (χ1n) is 7.38. The highest BCUT2D eigenvalue weighted by Gasteiger charge is 2.11. The van der Waals surface area contributed by atoms with Crippen LogP contribution >= 0.6 is 0 Å². The molecular formula is C18H18N4. The maximum absolute atomic E-state index is 7.73. The van der Waals surface area contributed by atoms with Gasteiger partial charge in [-0.1, -0.05) is 37.3 Å². The molecule has 0 aliphatic rings. The van der Waals surface area contributed by atoms with Crippen molar-refractivity contribution in [1.82, 2.24) is 4.57 Å². The molecule has 1 heterocycles. The quantitative estimate of drug-likeness (QED) is 0.290. The monoisotopic (exact) mass is 290 g/mol. The summed E-state index contributed by atoms with van der Waals surface area (Å²) in [4.78, 5) is 0. The number of fused-ring (bicyclic) bond motifs is 3. The lowest BCUT2D eigenvalue weighted by Crippen LogP contribution is -1.96. The van der Waals surface area contributed by atoms with Gasteiger partial charge in [0.05, 0.1) is 0 Å². The lowest BCUT2D eigenvalue weighted by atomic mass is 10.1. The first-order valence-corrected chi connectivity index (χ1v) is 7.38. The Morgan fingerprint density at radius 1 is 1.09 bits per heavy atom. The molecule has 2 aromatic carbocycles. The SMILES string of the molecule is CC/C=C/Cn1c2ccccc2c2cc(C(=N)N=N)ccc21. The van der Waals surface area contributed by atoms with Crippen LogP contribution in [0.2, 0.25) is 0 Å². The van der Waals surface area contributed by atoms with Crippen LogP contribution in [0.25, 0.3) is 21.8 Å². The number of nitrogens with one attached hydrogen (secondary N) is 2. The minimum atomic E-state index is -0.00962. The van der Waals surface area contributed by atoms with Gasteiger partial charge >= 0.3 is 0 Å². The van der Waals surface area contributed by atoms with E-state index in [1.807, 2.05) is 30.3 Å². The molecule has 0 saturated carbocycles. The van der Waals surface area contributed by atoms with Crippen molar-refractivity contribution in [3.05, 3.63) is 60.2 Å². The molecule has 0 bridgehead atoms. The second-order valence-corrected chi connectivity index (χ2v) is 5.20. The summed E-state index contributed by atoms with van der Waals surface area (Å²) in [5.74, 6) is -0.00962. The van der Waals surface area contributed by atoms with Gasteiger partial charge in [-0.05, 0) is 30.7 Å². The average Bonchev–Trinajstić information content (AvgIpc) is 2.88. The standard InChI is InChI=1S/C18H18N4/c1-2-3-6-11-22-16-8-5-4-7-14(16)15-12-13(18(19)21-20)9-10-17(15)22/h3-10,12,19-20H,2,11H2,1H3/b6-3+,19-18?,21-20?. The maximum atomic E-state index is 7.73. The van der Waals surface area contributed by atoms with E-state index in [0.29, 0.717) is 5.56 Å². The summed E-state index contributed by atoms with van der Waals surface area (Å²) in [5, 5.41) is 13.2. The molecule has 3 aromatic rings. The Hall–Kier alpha value is -2.75. The van der Waals surface area contributed by atoms with Crippen molar-refractivity contribution >= 4 is 27.6 Å². The van der Waals surface area contributed by atoms with Gasteiger partial charge in [0.1, 0.15) is 0 Å². The van der Waals surface area contributed by atoms with E-state index in [-0.39, 0.29) is 5.84 Å². The molecule has 0 atom stereocenters. The van der Waals surface area contributed by atoms with Gasteiger partial charge in [0, 0.05) is 33.9 Å². The summed E-state index contributed by atoms with van der Waals surface area (Å²) in [6.45, 7) is 2.96. The molecule has 110 valence electrons. The van der Waals surface area contributed by atoms with Crippen molar-refractivity contribution < 1.29 is 0 Å². The number of para-hydroxylation sites is 1. The molecule has 0 aliphatic heterocycles. The van der Waals surface area contributed by atoms with Crippen LogP contribution in [0.1, 0.15) is 18.9 Å². The summed E-state index contributed by atoms with van der Waals surface area (Å²) < 4.78 is 2.28. The topological polar surface area (TPSA) is 65.0 Å². The van der Waals surface area contributed by atoms with Gasteiger partial charge in [0.15, 0.2) is 5.84 Å². The van der Waals surface area contributed by atoms with E-state index in [4.69, 9.17) is 10.9 Å². The summed E-state index contributed by atoms with van der Waals surface area (Å²) >= 11 is 0. The molecule has 4 nitrogen and oxygen atoms in total. The van der Waals surface area contributed by atoms with Crippen LogP contribution in [-0.2, 0) is 6.54 Å². The smallest absolute Gasteiger partial charge is 0.173 e. The van der Waals surface area contributed by atoms with Gasteiger partial charge in [-0.25, -0.2) is 5.53 Å². The van der Waals surface area contributed by atoms with Gasteiger partial charge in [0.2, 0.25) is 0 Å². The van der Waals surface area contributed by atoms with E-state index in [9.17, 15) is 0 Å². The maximum Gasteiger partial charge on any atom is 0.173 e. The van der Waals surface area contributed by atoms with E-state index in [2.05, 4.69) is 40.9 Å². The van der Waals surface area contributed by atoms with Crippen LogP contribution in [0.3, 0.4) is 0 Å². The Morgan fingerprint density at radius 3 is 2.64 bits per heavy atom. The molecule has 0 fully saturated rings. The summed E-state index contributed by atoms with van der Waals surface area (Å²) in [6, 6.07) is 14.1. The van der Waals surface area contributed by atoms with Gasteiger partial charge in [0.25, 0.3) is 0 Å². The van der Waals surface area contributed by atoms with Gasteiger partial charge < -0.3 is 4.57 Å². The predicted octanol–water partition coefficient (Wildman–Crippen LogP) is 5.12. The second-order valence-electron chi connectivity index (χ2n) is 5.20. The number of rotatable bonds is 4. The van der Waals surface area contributed by atoms with E-state index in [1.165, 1.54) is 10.9 Å². The number of hydrogen-bond donors (Lipinski definition) is 2. The van der Waals surface area contributed by atoms with Crippen LogP contribution in [-0.4, -0.2) is 10.4 Å². The van der Waals surface area contributed by atoms with E-state index in [0.717, 1.165) is 23.9 Å². The summed E-state index contributed by atoms with van der Waals surface area (Å²) in [7, 11) is 0. The number of nitrogens with zero attached hydrogens (tertiary/aromatic N) is 2. The largest absolute Gasteiger partial charge is 0.337 e. The second kappa shape index (κ2) is 5.93. The van der Waals surface area contributed by atoms with Crippen molar-refractivity contribution in [3.63, 3.8) is 0 Å². The van der Waals surface area contributed by atoms with Crippen molar-refractivity contribution in [2.24, 2.45) is 5.11 Å². The Morgan fingerprint density at radius 2 is 1.86 bits per heavy atom. The fraction of sp³-hybridized carbons (Fsp3) is 0.167. The number of allylic oxidation sites excluding steroid dienone is 2. The minimum Gasteiger partial charge on any atom is -0.337 e. The molecule has 0 aliphatic carbocycles. The predicted molar refractivity (Wildman–Crippen MR) is 90.9 cm³/mol. The fourth-order valence-corrected chi connectivity index (χ4v) is 2.81. The molecule has 0 spiro atoms. The third-order valence-electron chi connectivity index (χ3n) is 3.85. The number of benzene rings is 2. The summed E-state index contributed by atoms with van der Waals surface area (Å²) in [6.07, 6.45) is 5.38. The molecule has 1 aromatic heterocycles. The zero-order valence-corrected chi connectivity index (χ0v) is 12.5. The summed E-state index contributed by atoms with van der Waals surface area (Å²) in [5.41, 5.74) is 10.0. The van der Waals surface area contributed by atoms with Gasteiger partial charge in [-0.15, -0.1) is 5.11 Å². The van der Waals surface area contributed by atoms with E-state index >= 15 is 0 Å². The molecule has 0 amide bonds. The highest BCUT2D eigenvalue weighted by molar-refractivity contribution is 6.11. The molecule has 22 heavy (non-hydrogen) atoms. The minimum absolute atomic E-state index is 0.00962. The first-order chi connectivity index (χ1) is 10.8. The van der Waals surface area contributed by atoms with Crippen molar-refractivity contribution in [2.45, 2.75) is 19.9 Å². The van der Waals surface area contributed by atoms with Crippen molar-refractivity contribution in [3.8, 4) is 0 Å². The zero-order valence-electron chi connectivity index (χ0n) is 12.5. The van der Waals surface area contributed by atoms with Crippen LogP contribution in [0.5, 0.6) is 0 Å². The van der Waals surface area contributed by atoms with Crippen LogP contribution in [0.4, 0.5) is 0 Å². The third kappa shape index (κ3) is 2.33. The van der Waals surface area contributed by atoms with Crippen molar-refractivity contribution in [2.75, 3.05) is 0 Å². The Labute approximate surface area is 129 Å². The van der Waals surface area contributed by atoms with Crippen LogP contribution < -0.4 is 0 Å². The third-order valence-corrected chi connectivity index (χ3v) is 3.85. The molecule has 4 heteroatoms. The normalized spacial score (nSPS) is 11.5. The first kappa shape index (κ1) is 14.2. The zero-order chi connectivity index (χ0) is 15.5. The van der Waals surface area contributed by atoms with E-state index in [1.54, 1.807) is 0 Å². The van der Waals surface area contributed by atoms with Crippen LogP contribution in [0.15, 0.2) is 59.7 Å². The Balaban J connectivity index is 2.26. The lowest BCUT2D eigenvalue weighted by Gasteiger charge is -2.04. The molecule has 0 radical (unpaired) electrons. The number of hydrogen-bond acceptors (Lipinski definition) is 2.